The summed E-state index contributed by atoms with van der Waals surface area (Å²) in [6, 6.07) is 13.2. The number of hydrogen-bond donors (Lipinski definition) is 1. The number of amides is 2. The lowest BCUT2D eigenvalue weighted by atomic mass is 10.1. The Labute approximate surface area is 166 Å². The average Bonchev–Trinajstić information content (AvgIpc) is 2.66. The number of carbonyl (C=O) groups excluding carboxylic acids is 2. The molecule has 0 bridgehead atoms. The minimum Gasteiger partial charge on any atom is -0.354 e. The quantitative estimate of drug-likeness (QED) is 0.751. The van der Waals surface area contributed by atoms with Crippen LogP contribution in [0.15, 0.2) is 48.5 Å². The van der Waals surface area contributed by atoms with Crippen molar-refractivity contribution in [3.05, 3.63) is 71.0 Å². The van der Waals surface area contributed by atoms with E-state index in [1.807, 2.05) is 45.0 Å². The zero-order valence-corrected chi connectivity index (χ0v) is 17.0. The summed E-state index contributed by atoms with van der Waals surface area (Å²) >= 11 is 0. The van der Waals surface area contributed by atoms with E-state index in [-0.39, 0.29) is 24.1 Å². The van der Waals surface area contributed by atoms with Crippen molar-refractivity contribution in [2.24, 2.45) is 5.92 Å². The molecule has 0 aliphatic carbocycles. The van der Waals surface area contributed by atoms with Crippen molar-refractivity contribution in [1.29, 1.82) is 0 Å². The van der Waals surface area contributed by atoms with Crippen LogP contribution >= 0.6 is 0 Å². The third-order valence-corrected chi connectivity index (χ3v) is 4.59. The summed E-state index contributed by atoms with van der Waals surface area (Å²) in [5.41, 5.74) is 2.81. The molecule has 0 heterocycles. The maximum absolute atomic E-state index is 13.1. The molecule has 1 N–H and O–H groups in total. The van der Waals surface area contributed by atoms with E-state index in [0.29, 0.717) is 19.0 Å². The molecule has 1 atom stereocenters. The van der Waals surface area contributed by atoms with Crippen molar-refractivity contribution in [3.63, 3.8) is 0 Å². The van der Waals surface area contributed by atoms with Crippen molar-refractivity contribution in [2.75, 3.05) is 6.54 Å². The highest BCUT2D eigenvalue weighted by Crippen LogP contribution is 2.14. The standard InChI is InChI=1S/C23H29FN2O2/c1-16(2)14-25-23(28)18(4)26(15-20-7-5-17(3)6-8-20)22(27)13-19-9-11-21(24)12-10-19/h5-12,16,18H,13-15H2,1-4H3,(H,25,28)/t18-/m1/s1. The first-order valence-electron chi connectivity index (χ1n) is 9.63. The van der Waals surface area contributed by atoms with E-state index in [0.717, 1.165) is 16.7 Å². The first kappa shape index (κ1) is 21.6. The van der Waals surface area contributed by atoms with Crippen LogP contribution < -0.4 is 5.32 Å². The fourth-order valence-corrected chi connectivity index (χ4v) is 2.80. The fraction of sp³-hybridized carbons (Fsp3) is 0.391. The monoisotopic (exact) mass is 384 g/mol. The highest BCUT2D eigenvalue weighted by molar-refractivity contribution is 5.88. The number of nitrogens with one attached hydrogen (secondary N) is 1. The molecule has 2 aromatic carbocycles. The second kappa shape index (κ2) is 10.0. The SMILES string of the molecule is Cc1ccc(CN(C(=O)Cc2ccc(F)cc2)[C@H](C)C(=O)NCC(C)C)cc1. The topological polar surface area (TPSA) is 49.4 Å². The number of benzene rings is 2. The van der Waals surface area contributed by atoms with Gasteiger partial charge in [-0.3, -0.25) is 9.59 Å². The van der Waals surface area contributed by atoms with Gasteiger partial charge in [0.1, 0.15) is 11.9 Å². The lowest BCUT2D eigenvalue weighted by Gasteiger charge is -2.29. The van der Waals surface area contributed by atoms with E-state index in [1.54, 1.807) is 24.0 Å². The van der Waals surface area contributed by atoms with Gasteiger partial charge >= 0.3 is 0 Å². The number of hydrogen-bond acceptors (Lipinski definition) is 2. The number of aryl methyl sites for hydroxylation is 1. The summed E-state index contributed by atoms with van der Waals surface area (Å²) in [6.07, 6.45) is 0.119. The minimum absolute atomic E-state index is 0.119. The molecule has 0 radical (unpaired) electrons. The maximum atomic E-state index is 13.1. The van der Waals surface area contributed by atoms with Crippen molar-refractivity contribution in [2.45, 2.75) is 46.7 Å². The largest absolute Gasteiger partial charge is 0.354 e. The van der Waals surface area contributed by atoms with Gasteiger partial charge in [0.15, 0.2) is 0 Å². The summed E-state index contributed by atoms with van der Waals surface area (Å²) in [6.45, 7) is 8.70. The van der Waals surface area contributed by atoms with Gasteiger partial charge in [-0.2, -0.15) is 0 Å². The Kier molecular flexibility index (Phi) is 7.73. The van der Waals surface area contributed by atoms with Gasteiger partial charge in [-0.1, -0.05) is 55.8 Å². The molecule has 0 saturated heterocycles. The smallest absolute Gasteiger partial charge is 0.242 e. The Morgan fingerprint density at radius 2 is 1.54 bits per heavy atom. The Hall–Kier alpha value is -2.69. The van der Waals surface area contributed by atoms with Gasteiger partial charge in [-0.15, -0.1) is 0 Å². The first-order valence-corrected chi connectivity index (χ1v) is 9.63. The average molecular weight is 384 g/mol. The molecule has 4 nitrogen and oxygen atoms in total. The van der Waals surface area contributed by atoms with Crippen molar-refractivity contribution >= 4 is 11.8 Å². The molecular formula is C23H29FN2O2. The molecule has 0 aromatic heterocycles. The Morgan fingerprint density at radius 1 is 0.964 bits per heavy atom. The third kappa shape index (κ3) is 6.48. The lowest BCUT2D eigenvalue weighted by Crippen LogP contribution is -2.48. The van der Waals surface area contributed by atoms with Crippen molar-refractivity contribution in [1.82, 2.24) is 10.2 Å². The van der Waals surface area contributed by atoms with E-state index in [2.05, 4.69) is 5.32 Å². The van der Waals surface area contributed by atoms with Crippen LogP contribution in [0, 0.1) is 18.7 Å². The van der Waals surface area contributed by atoms with Crippen LogP contribution in [0.5, 0.6) is 0 Å². The highest BCUT2D eigenvalue weighted by Gasteiger charge is 2.26. The molecule has 0 fully saturated rings. The normalized spacial score (nSPS) is 11.9. The summed E-state index contributed by atoms with van der Waals surface area (Å²) < 4.78 is 13.1. The number of carbonyl (C=O) groups is 2. The van der Waals surface area contributed by atoms with Crippen molar-refractivity contribution < 1.29 is 14.0 Å². The van der Waals surface area contributed by atoms with Crippen LogP contribution in [0.25, 0.3) is 0 Å². The van der Waals surface area contributed by atoms with E-state index in [4.69, 9.17) is 0 Å². The molecule has 0 aliphatic heterocycles. The van der Waals surface area contributed by atoms with Crippen LogP contribution in [-0.2, 0) is 22.6 Å². The molecule has 28 heavy (non-hydrogen) atoms. The Morgan fingerprint density at radius 3 is 2.11 bits per heavy atom. The number of halogens is 1. The molecule has 2 amide bonds. The predicted molar refractivity (Wildman–Crippen MR) is 109 cm³/mol. The van der Waals surface area contributed by atoms with Crippen LogP contribution in [0.3, 0.4) is 0 Å². The number of nitrogens with zero attached hydrogens (tertiary/aromatic N) is 1. The van der Waals surface area contributed by atoms with Crippen LogP contribution in [0.1, 0.15) is 37.5 Å². The van der Waals surface area contributed by atoms with Gasteiger partial charge in [-0.25, -0.2) is 4.39 Å². The minimum atomic E-state index is -0.604. The van der Waals surface area contributed by atoms with Gasteiger partial charge < -0.3 is 10.2 Å². The van der Waals surface area contributed by atoms with E-state index in [1.165, 1.54) is 12.1 Å². The van der Waals surface area contributed by atoms with Gasteiger partial charge in [0, 0.05) is 13.1 Å². The second-order valence-corrected chi connectivity index (χ2v) is 7.63. The van der Waals surface area contributed by atoms with Gasteiger partial charge in [0.05, 0.1) is 6.42 Å². The zero-order valence-electron chi connectivity index (χ0n) is 17.0. The molecule has 0 aliphatic rings. The molecule has 5 heteroatoms. The van der Waals surface area contributed by atoms with Gasteiger partial charge in [0.25, 0.3) is 0 Å². The second-order valence-electron chi connectivity index (χ2n) is 7.63. The predicted octanol–water partition coefficient (Wildman–Crippen LogP) is 3.87. The Balaban J connectivity index is 2.18. The first-order chi connectivity index (χ1) is 13.3. The molecule has 0 unspecified atom stereocenters. The molecule has 2 aromatic rings. The molecule has 0 saturated carbocycles. The van der Waals surface area contributed by atoms with Crippen LogP contribution in [-0.4, -0.2) is 29.3 Å². The molecule has 2 rings (SSSR count). The van der Waals surface area contributed by atoms with E-state index < -0.39 is 6.04 Å². The van der Waals surface area contributed by atoms with Crippen LogP contribution in [0.2, 0.25) is 0 Å². The van der Waals surface area contributed by atoms with Crippen molar-refractivity contribution in [3.8, 4) is 0 Å². The zero-order chi connectivity index (χ0) is 20.7. The van der Waals surface area contributed by atoms with Gasteiger partial charge in [-0.05, 0) is 43.0 Å². The summed E-state index contributed by atoms with van der Waals surface area (Å²) in [4.78, 5) is 27.2. The summed E-state index contributed by atoms with van der Waals surface area (Å²) in [5, 5.41) is 2.90. The van der Waals surface area contributed by atoms with E-state index in [9.17, 15) is 14.0 Å². The summed E-state index contributed by atoms with van der Waals surface area (Å²) in [5.74, 6) is -0.349. The van der Waals surface area contributed by atoms with E-state index >= 15 is 0 Å². The summed E-state index contributed by atoms with van der Waals surface area (Å²) in [7, 11) is 0. The van der Waals surface area contributed by atoms with Gasteiger partial charge in [0.2, 0.25) is 11.8 Å². The molecular weight excluding hydrogens is 355 g/mol. The van der Waals surface area contributed by atoms with Crippen LogP contribution in [0.4, 0.5) is 4.39 Å². The highest BCUT2D eigenvalue weighted by atomic mass is 19.1. The number of rotatable bonds is 8. The third-order valence-electron chi connectivity index (χ3n) is 4.59. The molecule has 150 valence electrons. The molecule has 0 spiro atoms. The Bertz CT molecular complexity index is 785. The fourth-order valence-electron chi connectivity index (χ4n) is 2.80. The maximum Gasteiger partial charge on any atom is 0.242 e. The lowest BCUT2D eigenvalue weighted by molar-refractivity contribution is -0.140.